The zero-order chi connectivity index (χ0) is 18.9. The Morgan fingerprint density at radius 2 is 2.08 bits per heavy atom. The van der Waals surface area contributed by atoms with Gasteiger partial charge in [-0.15, -0.1) is 0 Å². The van der Waals surface area contributed by atoms with Crippen LogP contribution < -0.4 is 16.0 Å². The second-order valence-corrected chi connectivity index (χ2v) is 9.55. The Balaban J connectivity index is 1.45. The third-order valence-corrected chi connectivity index (χ3v) is 7.60. The molecule has 3 N–H and O–H groups in total. The molecule has 3 rings (SSSR count). The van der Waals surface area contributed by atoms with E-state index in [0.29, 0.717) is 36.4 Å². The van der Waals surface area contributed by atoms with Crippen molar-refractivity contribution in [2.24, 2.45) is 0 Å². The summed E-state index contributed by atoms with van der Waals surface area (Å²) in [5.74, 6) is -0.150. The van der Waals surface area contributed by atoms with Gasteiger partial charge in [0.15, 0.2) is 9.84 Å². The first-order valence-electron chi connectivity index (χ1n) is 8.61. The SMILES string of the molecule is Cc1ccc(NC(=O)CCCC[C@@H]2[C@@H]3NC(=O)N[C@H]3CS2(=O)=O)cc1Cl. The number of rotatable bonds is 6. The summed E-state index contributed by atoms with van der Waals surface area (Å²) in [6.45, 7) is 1.89. The van der Waals surface area contributed by atoms with E-state index in [1.165, 1.54) is 0 Å². The molecule has 7 nitrogen and oxygen atoms in total. The third kappa shape index (κ3) is 4.12. The van der Waals surface area contributed by atoms with E-state index in [2.05, 4.69) is 16.0 Å². The number of sulfone groups is 1. The van der Waals surface area contributed by atoms with Gasteiger partial charge in [0.1, 0.15) is 0 Å². The monoisotopic (exact) mass is 399 g/mol. The van der Waals surface area contributed by atoms with Crippen LogP contribution in [0.4, 0.5) is 10.5 Å². The number of hydrogen-bond acceptors (Lipinski definition) is 4. The van der Waals surface area contributed by atoms with E-state index in [1.807, 2.05) is 13.0 Å². The highest BCUT2D eigenvalue weighted by atomic mass is 35.5. The minimum absolute atomic E-state index is 0.0181. The van der Waals surface area contributed by atoms with Crippen molar-refractivity contribution in [3.63, 3.8) is 0 Å². The predicted octanol–water partition coefficient (Wildman–Crippen LogP) is 1.99. The van der Waals surface area contributed by atoms with Gasteiger partial charge in [-0.2, -0.15) is 0 Å². The van der Waals surface area contributed by atoms with Crippen molar-refractivity contribution in [3.05, 3.63) is 28.8 Å². The zero-order valence-corrected chi connectivity index (χ0v) is 16.0. The van der Waals surface area contributed by atoms with Crippen molar-refractivity contribution < 1.29 is 18.0 Å². The lowest BCUT2D eigenvalue weighted by molar-refractivity contribution is -0.116. The molecule has 1 aromatic carbocycles. The van der Waals surface area contributed by atoms with Gasteiger partial charge >= 0.3 is 6.03 Å². The molecule has 142 valence electrons. The van der Waals surface area contributed by atoms with Gasteiger partial charge in [-0.25, -0.2) is 13.2 Å². The number of aryl methyl sites for hydroxylation is 1. The van der Waals surface area contributed by atoms with Crippen LogP contribution in [-0.4, -0.2) is 43.4 Å². The van der Waals surface area contributed by atoms with Gasteiger partial charge in [0.2, 0.25) is 5.91 Å². The summed E-state index contributed by atoms with van der Waals surface area (Å²) in [6, 6.07) is 4.32. The molecule has 3 amide bonds. The number of amides is 3. The first-order chi connectivity index (χ1) is 12.3. The molecule has 3 atom stereocenters. The third-order valence-electron chi connectivity index (χ3n) is 4.92. The maximum atomic E-state index is 12.2. The van der Waals surface area contributed by atoms with Gasteiger partial charge in [0.05, 0.1) is 23.1 Å². The molecular formula is C17H22ClN3O4S. The number of benzene rings is 1. The molecule has 0 spiro atoms. The Kier molecular flexibility index (Phi) is 5.43. The number of halogens is 1. The van der Waals surface area contributed by atoms with Crippen LogP contribution in [0.5, 0.6) is 0 Å². The largest absolute Gasteiger partial charge is 0.332 e. The van der Waals surface area contributed by atoms with E-state index < -0.39 is 15.1 Å². The molecule has 0 aliphatic carbocycles. The lowest BCUT2D eigenvalue weighted by Gasteiger charge is -2.16. The molecule has 1 aromatic rings. The van der Waals surface area contributed by atoms with E-state index in [9.17, 15) is 18.0 Å². The normalized spacial score (nSPS) is 26.1. The zero-order valence-electron chi connectivity index (χ0n) is 14.4. The summed E-state index contributed by atoms with van der Waals surface area (Å²) < 4.78 is 24.5. The van der Waals surface area contributed by atoms with Gasteiger partial charge < -0.3 is 16.0 Å². The maximum Gasteiger partial charge on any atom is 0.315 e. The quantitative estimate of drug-likeness (QED) is 0.502. The van der Waals surface area contributed by atoms with Gasteiger partial charge in [0, 0.05) is 17.1 Å². The molecule has 2 aliphatic heterocycles. The molecule has 0 radical (unpaired) electrons. The number of unbranched alkanes of at least 4 members (excludes halogenated alkanes) is 1. The average Bonchev–Trinajstić information content (AvgIpc) is 2.99. The Morgan fingerprint density at radius 1 is 1.31 bits per heavy atom. The van der Waals surface area contributed by atoms with Crippen LogP contribution in [0, 0.1) is 6.92 Å². The van der Waals surface area contributed by atoms with E-state index in [0.717, 1.165) is 5.56 Å². The number of carbonyl (C=O) groups excluding carboxylic acids is 2. The summed E-state index contributed by atoms with van der Waals surface area (Å²) in [5.41, 5.74) is 1.58. The van der Waals surface area contributed by atoms with Crippen molar-refractivity contribution >= 4 is 39.1 Å². The van der Waals surface area contributed by atoms with Crippen LogP contribution in [-0.2, 0) is 14.6 Å². The maximum absolute atomic E-state index is 12.2. The number of urea groups is 1. The molecule has 9 heteroatoms. The molecule has 2 saturated heterocycles. The van der Waals surface area contributed by atoms with E-state index in [4.69, 9.17) is 11.6 Å². The molecule has 0 saturated carbocycles. The highest BCUT2D eigenvalue weighted by Gasteiger charge is 2.51. The summed E-state index contributed by atoms with van der Waals surface area (Å²) in [7, 11) is -3.22. The molecule has 0 aromatic heterocycles. The predicted molar refractivity (Wildman–Crippen MR) is 100 cm³/mol. The molecule has 2 fully saturated rings. The number of hydrogen-bond donors (Lipinski definition) is 3. The molecule has 0 bridgehead atoms. The van der Waals surface area contributed by atoms with Crippen LogP contribution >= 0.6 is 11.6 Å². The van der Waals surface area contributed by atoms with Crippen LogP contribution in [0.1, 0.15) is 31.2 Å². The highest BCUT2D eigenvalue weighted by molar-refractivity contribution is 7.92. The Hall–Kier alpha value is -1.80. The average molecular weight is 400 g/mol. The van der Waals surface area contributed by atoms with Gasteiger partial charge in [-0.1, -0.05) is 24.1 Å². The number of carbonyl (C=O) groups is 2. The van der Waals surface area contributed by atoms with E-state index in [-0.39, 0.29) is 29.8 Å². The van der Waals surface area contributed by atoms with Crippen molar-refractivity contribution in [1.29, 1.82) is 0 Å². The molecular weight excluding hydrogens is 378 g/mol. The minimum Gasteiger partial charge on any atom is -0.332 e. The Labute approximate surface area is 157 Å². The van der Waals surface area contributed by atoms with E-state index in [1.54, 1.807) is 12.1 Å². The Morgan fingerprint density at radius 3 is 2.81 bits per heavy atom. The van der Waals surface area contributed by atoms with Crippen molar-refractivity contribution in [2.45, 2.75) is 49.9 Å². The van der Waals surface area contributed by atoms with Gasteiger partial charge in [0.25, 0.3) is 0 Å². The second-order valence-electron chi connectivity index (χ2n) is 6.88. The van der Waals surface area contributed by atoms with Gasteiger partial charge in [-0.05, 0) is 37.5 Å². The minimum atomic E-state index is -3.22. The first-order valence-corrected chi connectivity index (χ1v) is 10.7. The van der Waals surface area contributed by atoms with Crippen molar-refractivity contribution in [2.75, 3.05) is 11.1 Å². The van der Waals surface area contributed by atoms with Crippen LogP contribution in [0.15, 0.2) is 18.2 Å². The summed E-state index contributed by atoms with van der Waals surface area (Å²) in [5, 5.41) is 8.14. The lowest BCUT2D eigenvalue weighted by atomic mass is 10.0. The molecule has 0 unspecified atom stereocenters. The van der Waals surface area contributed by atoms with Crippen molar-refractivity contribution in [3.8, 4) is 0 Å². The number of anilines is 1. The standard InChI is InChI=1S/C17H22ClN3O4S/c1-10-6-7-11(8-12(10)18)19-15(22)5-3-2-4-14-16-13(9-26(14,24)25)20-17(23)21-16/h6-8,13-14,16H,2-5,9H2,1H3,(H,19,22)(H2,20,21,23)/t13-,14+,16+/m0/s1. The van der Waals surface area contributed by atoms with Crippen LogP contribution in [0.25, 0.3) is 0 Å². The molecule has 2 aliphatic rings. The lowest BCUT2D eigenvalue weighted by Crippen LogP contribution is -2.39. The fourth-order valence-corrected chi connectivity index (χ4v) is 5.98. The second kappa shape index (κ2) is 7.44. The summed E-state index contributed by atoms with van der Waals surface area (Å²) >= 11 is 6.03. The fourth-order valence-electron chi connectivity index (χ4n) is 3.53. The van der Waals surface area contributed by atoms with Crippen molar-refractivity contribution in [1.82, 2.24) is 10.6 Å². The molecule has 2 heterocycles. The topological polar surface area (TPSA) is 104 Å². The van der Waals surface area contributed by atoms with E-state index >= 15 is 0 Å². The number of nitrogens with one attached hydrogen (secondary N) is 3. The fraction of sp³-hybridized carbons (Fsp3) is 0.529. The first kappa shape index (κ1) is 19.0. The highest BCUT2D eigenvalue weighted by Crippen LogP contribution is 2.28. The van der Waals surface area contributed by atoms with Gasteiger partial charge in [-0.3, -0.25) is 4.79 Å². The Bertz CT molecular complexity index is 827. The number of fused-ring (bicyclic) bond motifs is 1. The molecule has 26 heavy (non-hydrogen) atoms. The summed E-state index contributed by atoms with van der Waals surface area (Å²) in [4.78, 5) is 23.4. The van der Waals surface area contributed by atoms with Crippen LogP contribution in [0.2, 0.25) is 5.02 Å². The van der Waals surface area contributed by atoms with Crippen LogP contribution in [0.3, 0.4) is 0 Å². The summed E-state index contributed by atoms with van der Waals surface area (Å²) in [6.07, 6.45) is 1.92. The smallest absolute Gasteiger partial charge is 0.315 e.